The second-order valence-corrected chi connectivity index (χ2v) is 5.57. The molecule has 5 heteroatoms. The quantitative estimate of drug-likeness (QED) is 0.810. The molecule has 0 saturated heterocycles. The lowest BCUT2D eigenvalue weighted by atomic mass is 9.88. The van der Waals surface area contributed by atoms with Gasteiger partial charge in [-0.25, -0.2) is 4.39 Å². The first-order valence-electron chi connectivity index (χ1n) is 5.64. The van der Waals surface area contributed by atoms with Crippen LogP contribution in [0.5, 0.6) is 5.75 Å². The van der Waals surface area contributed by atoms with E-state index in [1.54, 1.807) is 26.0 Å². The third kappa shape index (κ3) is 4.29. The van der Waals surface area contributed by atoms with Crippen LogP contribution in [0.4, 0.5) is 4.39 Å². The van der Waals surface area contributed by atoms with E-state index in [1.165, 1.54) is 6.07 Å². The van der Waals surface area contributed by atoms with Gasteiger partial charge in [-0.05, 0) is 60.8 Å². The molecule has 0 aromatic heterocycles. The molecule has 1 N–H and O–H groups in total. The Balaban J connectivity index is 2.38. The largest absolute Gasteiger partial charge is 0.494 e. The van der Waals surface area contributed by atoms with Gasteiger partial charge in [-0.1, -0.05) is 0 Å². The third-order valence-corrected chi connectivity index (χ3v) is 3.29. The molecule has 0 fully saturated rings. The predicted octanol–water partition coefficient (Wildman–Crippen LogP) is 3.86. The second-order valence-electron chi connectivity index (χ2n) is 4.72. The predicted molar refractivity (Wildman–Crippen MR) is 70.2 cm³/mol. The van der Waals surface area contributed by atoms with Crippen molar-refractivity contribution in [3.8, 4) is 5.75 Å². The molecule has 0 spiro atoms. The summed E-state index contributed by atoms with van der Waals surface area (Å²) in [5.74, 6) is -0.585. The Labute approximate surface area is 114 Å². The van der Waals surface area contributed by atoms with Gasteiger partial charge in [0.15, 0.2) is 0 Å². The highest BCUT2D eigenvalue weighted by Crippen LogP contribution is 2.24. The number of hydrogen-bond donors (Lipinski definition) is 1. The van der Waals surface area contributed by atoms with Gasteiger partial charge in [-0.3, -0.25) is 4.79 Å². The van der Waals surface area contributed by atoms with Crippen LogP contribution < -0.4 is 4.74 Å². The standard InChI is InChI=1S/C13H16BrFO3/c1-13(2,12(16)17)6-3-7-18-9-4-5-11(15)10(14)8-9/h4-5,8H,3,6-7H2,1-2H3,(H,16,17). The zero-order chi connectivity index (χ0) is 13.8. The van der Waals surface area contributed by atoms with Crippen molar-refractivity contribution in [2.24, 2.45) is 5.41 Å². The highest BCUT2D eigenvalue weighted by atomic mass is 79.9. The Morgan fingerprint density at radius 2 is 2.17 bits per heavy atom. The van der Waals surface area contributed by atoms with Crippen LogP contribution >= 0.6 is 15.9 Å². The smallest absolute Gasteiger partial charge is 0.309 e. The number of rotatable bonds is 6. The maximum atomic E-state index is 13.0. The summed E-state index contributed by atoms with van der Waals surface area (Å²) in [6, 6.07) is 4.42. The van der Waals surface area contributed by atoms with Crippen molar-refractivity contribution in [3.63, 3.8) is 0 Å². The lowest BCUT2D eigenvalue weighted by Crippen LogP contribution is -2.24. The van der Waals surface area contributed by atoms with Crippen LogP contribution in [-0.4, -0.2) is 17.7 Å². The number of carbonyl (C=O) groups is 1. The maximum absolute atomic E-state index is 13.0. The summed E-state index contributed by atoms with van der Waals surface area (Å²) in [5, 5.41) is 8.94. The molecule has 1 aromatic carbocycles. The topological polar surface area (TPSA) is 46.5 Å². The van der Waals surface area contributed by atoms with Gasteiger partial charge in [0.2, 0.25) is 0 Å². The number of hydrogen-bond acceptors (Lipinski definition) is 2. The molecule has 1 rings (SSSR count). The SMILES string of the molecule is CC(C)(CCCOc1ccc(F)c(Br)c1)C(=O)O. The van der Waals surface area contributed by atoms with Crippen LogP contribution in [0.25, 0.3) is 0 Å². The van der Waals surface area contributed by atoms with Gasteiger partial charge < -0.3 is 9.84 Å². The number of carboxylic acid groups (broad SMARTS) is 1. The van der Waals surface area contributed by atoms with Crippen molar-refractivity contribution in [1.29, 1.82) is 0 Å². The molecule has 18 heavy (non-hydrogen) atoms. The zero-order valence-corrected chi connectivity index (χ0v) is 12.0. The number of benzene rings is 1. The fraction of sp³-hybridized carbons (Fsp3) is 0.462. The Hall–Kier alpha value is -1.10. The fourth-order valence-electron chi connectivity index (χ4n) is 1.38. The molecule has 100 valence electrons. The Morgan fingerprint density at radius 1 is 1.50 bits per heavy atom. The van der Waals surface area contributed by atoms with E-state index in [4.69, 9.17) is 9.84 Å². The van der Waals surface area contributed by atoms with Gasteiger partial charge >= 0.3 is 5.97 Å². The van der Waals surface area contributed by atoms with Crippen molar-refractivity contribution in [2.75, 3.05) is 6.61 Å². The Kier molecular flexibility index (Phi) is 5.14. The Morgan fingerprint density at radius 3 is 2.72 bits per heavy atom. The maximum Gasteiger partial charge on any atom is 0.309 e. The van der Waals surface area contributed by atoms with E-state index >= 15 is 0 Å². The third-order valence-electron chi connectivity index (χ3n) is 2.68. The van der Waals surface area contributed by atoms with Crippen molar-refractivity contribution in [2.45, 2.75) is 26.7 Å². The van der Waals surface area contributed by atoms with Crippen molar-refractivity contribution in [1.82, 2.24) is 0 Å². The highest BCUT2D eigenvalue weighted by Gasteiger charge is 2.26. The van der Waals surface area contributed by atoms with Gasteiger partial charge in [0, 0.05) is 0 Å². The minimum absolute atomic E-state index is 0.339. The van der Waals surface area contributed by atoms with Gasteiger partial charge in [0.25, 0.3) is 0 Å². The van der Waals surface area contributed by atoms with Crippen LogP contribution in [0.1, 0.15) is 26.7 Å². The molecule has 0 aliphatic heterocycles. The van der Waals surface area contributed by atoms with Crippen molar-refractivity contribution >= 4 is 21.9 Å². The average molecular weight is 319 g/mol. The molecular formula is C13H16BrFO3. The van der Waals surface area contributed by atoms with Gasteiger partial charge in [0.1, 0.15) is 11.6 Å². The molecule has 0 heterocycles. The minimum Gasteiger partial charge on any atom is -0.494 e. The molecule has 0 amide bonds. The van der Waals surface area contributed by atoms with E-state index in [1.807, 2.05) is 0 Å². The van der Waals surface area contributed by atoms with E-state index in [0.29, 0.717) is 29.7 Å². The summed E-state index contributed by atoms with van der Waals surface area (Å²) in [6.07, 6.45) is 1.17. The molecule has 1 aromatic rings. The lowest BCUT2D eigenvalue weighted by Gasteiger charge is -2.18. The summed E-state index contributed by atoms with van der Waals surface area (Å²) >= 11 is 3.07. The summed E-state index contributed by atoms with van der Waals surface area (Å²) in [4.78, 5) is 10.9. The average Bonchev–Trinajstić information content (AvgIpc) is 2.29. The molecule has 0 aliphatic rings. The van der Waals surface area contributed by atoms with Crippen LogP contribution in [0.2, 0.25) is 0 Å². The molecule has 0 atom stereocenters. The summed E-state index contributed by atoms with van der Waals surface area (Å²) in [7, 11) is 0. The monoisotopic (exact) mass is 318 g/mol. The number of ether oxygens (including phenoxy) is 1. The van der Waals surface area contributed by atoms with E-state index in [0.717, 1.165) is 0 Å². The molecule has 0 aliphatic carbocycles. The molecule has 0 unspecified atom stereocenters. The first-order chi connectivity index (χ1) is 8.33. The zero-order valence-electron chi connectivity index (χ0n) is 10.4. The van der Waals surface area contributed by atoms with E-state index < -0.39 is 11.4 Å². The second kappa shape index (κ2) is 6.18. The highest BCUT2D eigenvalue weighted by molar-refractivity contribution is 9.10. The van der Waals surface area contributed by atoms with Crippen molar-refractivity contribution in [3.05, 3.63) is 28.5 Å². The van der Waals surface area contributed by atoms with Crippen LogP contribution in [0, 0.1) is 11.2 Å². The number of carboxylic acids is 1. The summed E-state index contributed by atoms with van der Waals surface area (Å²) < 4.78 is 18.7. The fourth-order valence-corrected chi connectivity index (χ4v) is 1.74. The number of halogens is 2. The lowest BCUT2D eigenvalue weighted by molar-refractivity contribution is -0.147. The summed E-state index contributed by atoms with van der Waals surface area (Å²) in [6.45, 7) is 3.78. The molecule has 0 bridgehead atoms. The minimum atomic E-state index is -0.813. The first-order valence-corrected chi connectivity index (χ1v) is 6.43. The molecule has 3 nitrogen and oxygen atoms in total. The van der Waals surface area contributed by atoms with Gasteiger partial charge in [0.05, 0.1) is 16.5 Å². The molecular weight excluding hydrogens is 303 g/mol. The van der Waals surface area contributed by atoms with Crippen molar-refractivity contribution < 1.29 is 19.0 Å². The van der Waals surface area contributed by atoms with Crippen LogP contribution in [0.3, 0.4) is 0 Å². The molecule has 0 radical (unpaired) electrons. The van der Waals surface area contributed by atoms with E-state index in [9.17, 15) is 9.18 Å². The van der Waals surface area contributed by atoms with Crippen LogP contribution in [-0.2, 0) is 4.79 Å². The van der Waals surface area contributed by atoms with Gasteiger partial charge in [-0.15, -0.1) is 0 Å². The molecule has 0 saturated carbocycles. The first kappa shape index (κ1) is 15.0. The number of aliphatic carboxylic acids is 1. The van der Waals surface area contributed by atoms with E-state index in [2.05, 4.69) is 15.9 Å². The van der Waals surface area contributed by atoms with Gasteiger partial charge in [-0.2, -0.15) is 0 Å². The normalized spacial score (nSPS) is 11.3. The summed E-state index contributed by atoms with van der Waals surface area (Å²) in [5.41, 5.74) is -0.743. The Bertz CT molecular complexity index is 432. The van der Waals surface area contributed by atoms with Crippen LogP contribution in [0.15, 0.2) is 22.7 Å². The van der Waals surface area contributed by atoms with E-state index in [-0.39, 0.29) is 5.82 Å².